The Labute approximate surface area is 169 Å². The third-order valence-electron chi connectivity index (χ3n) is 3.08. The normalized spacial score (nSPS) is 8.30. The summed E-state index contributed by atoms with van der Waals surface area (Å²) in [5.41, 5.74) is 4.13. The molecule has 0 heterocycles. The van der Waals surface area contributed by atoms with E-state index in [1.807, 2.05) is 55.5 Å². The Balaban J connectivity index is 0. The second-order valence-corrected chi connectivity index (χ2v) is 5.84. The highest BCUT2D eigenvalue weighted by atomic mass is 14.1. The molecule has 144 valence electrons. The quantitative estimate of drug-likeness (QED) is 0.497. The summed E-state index contributed by atoms with van der Waals surface area (Å²) in [6.45, 7) is 15.5. The summed E-state index contributed by atoms with van der Waals surface area (Å²) in [5.74, 6) is 5.40. The van der Waals surface area contributed by atoms with Gasteiger partial charge in [0.05, 0.1) is 0 Å². The van der Waals surface area contributed by atoms with Crippen molar-refractivity contribution in [1.29, 1.82) is 0 Å². The van der Waals surface area contributed by atoms with Crippen molar-refractivity contribution in [3.8, 4) is 24.7 Å². The standard InChI is InChI=1S/C17H12.C4H9.C3H8.C3H7/c1-3-14-9-5-7-11-16(14)13-17-12-8-6-10-15(17)4-2;1-3-4-2;2*1-3-2/h1-2,5-12H,13H2;1,3-4H2,2H3;3H2,1-2H3;1,3H2,2H3. The minimum Gasteiger partial charge on any atom is -0.115 e. The Kier molecular flexibility index (Phi) is 19.7. The molecule has 0 aliphatic carbocycles. The average Bonchev–Trinajstić information content (AvgIpc) is 2.70. The number of hydrogen-bond donors (Lipinski definition) is 0. The lowest BCUT2D eigenvalue weighted by molar-refractivity contribution is 0.956. The van der Waals surface area contributed by atoms with E-state index >= 15 is 0 Å². The smallest absolute Gasteiger partial charge is 0.0277 e. The van der Waals surface area contributed by atoms with Crippen molar-refractivity contribution in [3.05, 3.63) is 84.6 Å². The summed E-state index contributed by atoms with van der Waals surface area (Å²) in [6.07, 6.45) is 16.3. The maximum absolute atomic E-state index is 5.48. The van der Waals surface area contributed by atoms with E-state index in [4.69, 9.17) is 12.8 Å². The van der Waals surface area contributed by atoms with Crippen LogP contribution in [0.4, 0.5) is 0 Å². The van der Waals surface area contributed by atoms with Gasteiger partial charge in [-0.1, -0.05) is 115 Å². The van der Waals surface area contributed by atoms with Crippen molar-refractivity contribution in [2.45, 2.75) is 59.8 Å². The number of unbranched alkanes of at least 4 members (excludes halogenated alkanes) is 1. The lowest BCUT2D eigenvalue weighted by Gasteiger charge is -2.06. The molecule has 2 radical (unpaired) electrons. The molecule has 2 aromatic carbocycles. The van der Waals surface area contributed by atoms with Crippen molar-refractivity contribution < 1.29 is 0 Å². The fraction of sp³-hybridized carbons (Fsp3) is 0.333. The van der Waals surface area contributed by atoms with Crippen LogP contribution in [-0.4, -0.2) is 0 Å². The monoisotopic (exact) mass is 360 g/mol. The molecule has 0 atom stereocenters. The van der Waals surface area contributed by atoms with E-state index in [2.05, 4.69) is 46.5 Å². The molecular weight excluding hydrogens is 324 g/mol. The summed E-state index contributed by atoms with van der Waals surface area (Å²) in [5, 5.41) is 0. The molecule has 0 spiro atoms. The van der Waals surface area contributed by atoms with Gasteiger partial charge >= 0.3 is 0 Å². The number of benzene rings is 2. The molecule has 0 amide bonds. The predicted molar refractivity (Wildman–Crippen MR) is 123 cm³/mol. The van der Waals surface area contributed by atoms with E-state index in [0.29, 0.717) is 0 Å². The zero-order valence-electron chi connectivity index (χ0n) is 17.7. The Morgan fingerprint density at radius 2 is 1.04 bits per heavy atom. The highest BCUT2D eigenvalue weighted by Gasteiger charge is 2.03. The van der Waals surface area contributed by atoms with E-state index in [1.54, 1.807) is 0 Å². The lowest BCUT2D eigenvalue weighted by atomic mass is 9.97. The molecule has 0 saturated carbocycles. The van der Waals surface area contributed by atoms with Gasteiger partial charge in [0.1, 0.15) is 0 Å². The van der Waals surface area contributed by atoms with Gasteiger partial charge in [0.15, 0.2) is 0 Å². The fourth-order valence-electron chi connectivity index (χ4n) is 1.84. The van der Waals surface area contributed by atoms with Crippen LogP contribution in [0.25, 0.3) is 0 Å². The fourth-order valence-corrected chi connectivity index (χ4v) is 1.84. The van der Waals surface area contributed by atoms with Crippen LogP contribution >= 0.6 is 0 Å². The first-order valence-corrected chi connectivity index (χ1v) is 9.77. The maximum atomic E-state index is 5.48. The lowest BCUT2D eigenvalue weighted by Crippen LogP contribution is -1.94. The Hall–Kier alpha value is -2.44. The summed E-state index contributed by atoms with van der Waals surface area (Å²) in [4.78, 5) is 0. The van der Waals surface area contributed by atoms with Gasteiger partial charge < -0.3 is 0 Å². The summed E-state index contributed by atoms with van der Waals surface area (Å²) in [7, 11) is 0. The van der Waals surface area contributed by atoms with Gasteiger partial charge in [-0.25, -0.2) is 0 Å². The van der Waals surface area contributed by atoms with Crippen LogP contribution in [0.3, 0.4) is 0 Å². The van der Waals surface area contributed by atoms with Crippen molar-refractivity contribution in [1.82, 2.24) is 0 Å². The highest BCUT2D eigenvalue weighted by Crippen LogP contribution is 2.16. The van der Waals surface area contributed by atoms with Gasteiger partial charge in [-0.05, 0) is 29.7 Å². The third kappa shape index (κ3) is 13.4. The molecule has 0 fully saturated rings. The van der Waals surface area contributed by atoms with Gasteiger partial charge in [0, 0.05) is 11.1 Å². The van der Waals surface area contributed by atoms with Crippen LogP contribution in [0.1, 0.15) is 75.6 Å². The molecule has 2 rings (SSSR count). The first kappa shape index (κ1) is 26.8. The Bertz CT molecular complexity index is 605. The van der Waals surface area contributed by atoms with E-state index in [1.165, 1.54) is 12.8 Å². The summed E-state index contributed by atoms with van der Waals surface area (Å²) < 4.78 is 0. The van der Waals surface area contributed by atoms with Crippen LogP contribution in [-0.2, 0) is 6.42 Å². The number of hydrogen-bond acceptors (Lipinski definition) is 0. The zero-order chi connectivity index (χ0) is 20.9. The van der Waals surface area contributed by atoms with Crippen LogP contribution in [0.2, 0.25) is 0 Å². The summed E-state index contributed by atoms with van der Waals surface area (Å²) in [6, 6.07) is 15.9. The van der Waals surface area contributed by atoms with Gasteiger partial charge in [-0.2, -0.15) is 0 Å². The average molecular weight is 361 g/mol. The minimum atomic E-state index is 0.779. The van der Waals surface area contributed by atoms with Crippen molar-refractivity contribution in [2.24, 2.45) is 0 Å². The molecule has 0 aliphatic heterocycles. The minimum absolute atomic E-state index is 0.779. The second-order valence-electron chi connectivity index (χ2n) is 5.84. The Morgan fingerprint density at radius 1 is 0.741 bits per heavy atom. The molecule has 0 aliphatic rings. The van der Waals surface area contributed by atoms with E-state index in [0.717, 1.165) is 41.5 Å². The first-order valence-electron chi connectivity index (χ1n) is 9.77. The molecule has 27 heavy (non-hydrogen) atoms. The van der Waals surface area contributed by atoms with Crippen molar-refractivity contribution in [3.63, 3.8) is 0 Å². The molecule has 0 nitrogen and oxygen atoms in total. The topological polar surface area (TPSA) is 0 Å². The van der Waals surface area contributed by atoms with E-state index < -0.39 is 0 Å². The third-order valence-corrected chi connectivity index (χ3v) is 3.08. The molecule has 0 bridgehead atoms. The number of terminal acetylenes is 2. The zero-order valence-corrected chi connectivity index (χ0v) is 17.7. The summed E-state index contributed by atoms with van der Waals surface area (Å²) >= 11 is 0. The largest absolute Gasteiger partial charge is 0.115 e. The van der Waals surface area contributed by atoms with Gasteiger partial charge in [0.2, 0.25) is 0 Å². The molecule has 0 N–H and O–H groups in total. The highest BCUT2D eigenvalue weighted by molar-refractivity contribution is 5.46. The SMILES string of the molecule is C#Cc1ccccc1Cc1ccccc1C#C.CCC.[CH2]CC.[CH2]CCC. The molecule has 0 saturated heterocycles. The predicted octanol–water partition coefficient (Wildman–Crippen LogP) is 7.51. The van der Waals surface area contributed by atoms with Crippen molar-refractivity contribution >= 4 is 0 Å². The number of rotatable bonds is 3. The van der Waals surface area contributed by atoms with Gasteiger partial charge in [-0.15, -0.1) is 12.8 Å². The molecule has 0 heteroatoms. The van der Waals surface area contributed by atoms with Crippen molar-refractivity contribution in [2.75, 3.05) is 0 Å². The van der Waals surface area contributed by atoms with Crippen LogP contribution in [0, 0.1) is 38.5 Å². The maximum Gasteiger partial charge on any atom is 0.0277 e. The second kappa shape index (κ2) is 19.9. The molecular formula is C27H36. The first-order chi connectivity index (χ1) is 13.1. The van der Waals surface area contributed by atoms with Crippen LogP contribution in [0.15, 0.2) is 48.5 Å². The molecule has 2 aromatic rings. The van der Waals surface area contributed by atoms with Gasteiger partial charge in [-0.3, -0.25) is 0 Å². The Morgan fingerprint density at radius 3 is 1.30 bits per heavy atom. The van der Waals surface area contributed by atoms with E-state index in [-0.39, 0.29) is 0 Å². The van der Waals surface area contributed by atoms with Crippen LogP contribution in [0.5, 0.6) is 0 Å². The molecule has 0 unspecified atom stereocenters. The van der Waals surface area contributed by atoms with Gasteiger partial charge in [0.25, 0.3) is 0 Å². The molecule has 0 aromatic heterocycles. The van der Waals surface area contributed by atoms with E-state index in [9.17, 15) is 0 Å². The van der Waals surface area contributed by atoms with Crippen LogP contribution < -0.4 is 0 Å².